The van der Waals surface area contributed by atoms with E-state index in [0.717, 1.165) is 16.8 Å². The number of rotatable bonds is 3. The Morgan fingerprint density at radius 1 is 1.06 bits per heavy atom. The van der Waals surface area contributed by atoms with Gasteiger partial charge in [-0.1, -0.05) is 36.4 Å². The molecule has 1 aromatic heterocycles. The van der Waals surface area contributed by atoms with E-state index in [2.05, 4.69) is 17.1 Å². The molecule has 1 nitrogen and oxygen atoms in total. The number of hydrogen-bond donors (Lipinski definition) is 0. The fourth-order valence-electron chi connectivity index (χ4n) is 1.44. The molecule has 0 amide bonds. The summed E-state index contributed by atoms with van der Waals surface area (Å²) in [6.07, 6.45) is 5.82. The van der Waals surface area contributed by atoms with Crippen LogP contribution in [-0.2, 0) is 5.88 Å². The minimum Gasteiger partial charge on any atom is -0.257 e. The molecule has 0 bridgehead atoms. The van der Waals surface area contributed by atoms with Crippen LogP contribution in [0, 0.1) is 0 Å². The number of nitrogens with zero attached hydrogens (tertiary/aromatic N) is 1. The highest BCUT2D eigenvalue weighted by atomic mass is 35.5. The lowest BCUT2D eigenvalue weighted by molar-refractivity contribution is 1.30. The van der Waals surface area contributed by atoms with Gasteiger partial charge in [0.25, 0.3) is 0 Å². The largest absolute Gasteiger partial charge is 0.257 e. The molecule has 0 N–H and O–H groups in total. The van der Waals surface area contributed by atoms with Gasteiger partial charge in [-0.25, -0.2) is 0 Å². The minimum atomic E-state index is 0. The van der Waals surface area contributed by atoms with Gasteiger partial charge in [-0.05, 0) is 29.3 Å². The smallest absolute Gasteiger partial charge is 0.0629 e. The topological polar surface area (TPSA) is 12.9 Å². The van der Waals surface area contributed by atoms with Crippen LogP contribution >= 0.6 is 24.0 Å². The van der Waals surface area contributed by atoms with Gasteiger partial charge >= 0.3 is 0 Å². The molecule has 0 unspecified atom stereocenters. The van der Waals surface area contributed by atoms with E-state index in [1.807, 2.05) is 42.5 Å². The van der Waals surface area contributed by atoms with Crippen LogP contribution < -0.4 is 0 Å². The predicted molar refractivity (Wildman–Crippen MR) is 76.4 cm³/mol. The minimum absolute atomic E-state index is 0. The zero-order valence-electron chi connectivity index (χ0n) is 9.21. The van der Waals surface area contributed by atoms with Crippen molar-refractivity contribution in [1.29, 1.82) is 0 Å². The Morgan fingerprint density at radius 2 is 1.94 bits per heavy atom. The Bertz CT molecular complexity index is 481. The number of halogens is 2. The van der Waals surface area contributed by atoms with Gasteiger partial charge in [0.1, 0.15) is 0 Å². The molecular formula is C14H13Cl2N. The number of alkyl halides is 1. The lowest BCUT2D eigenvalue weighted by Gasteiger charge is -1.97. The Hall–Kier alpha value is -1.31. The first-order chi connectivity index (χ1) is 7.88. The second kappa shape index (κ2) is 7.10. The summed E-state index contributed by atoms with van der Waals surface area (Å²) in [6.45, 7) is 0. The molecule has 0 saturated carbocycles. The van der Waals surface area contributed by atoms with Crippen molar-refractivity contribution in [2.45, 2.75) is 5.88 Å². The molecule has 17 heavy (non-hydrogen) atoms. The van der Waals surface area contributed by atoms with E-state index in [-0.39, 0.29) is 12.4 Å². The van der Waals surface area contributed by atoms with E-state index in [9.17, 15) is 0 Å². The fraction of sp³-hybridized carbons (Fsp3) is 0.0714. The van der Waals surface area contributed by atoms with E-state index in [0.29, 0.717) is 5.88 Å². The van der Waals surface area contributed by atoms with Crippen LogP contribution in [0.4, 0.5) is 0 Å². The molecule has 0 fully saturated rings. The maximum atomic E-state index is 5.78. The van der Waals surface area contributed by atoms with Crippen LogP contribution in [0.15, 0.2) is 48.7 Å². The summed E-state index contributed by atoms with van der Waals surface area (Å²) in [6, 6.07) is 14.0. The molecule has 88 valence electrons. The standard InChI is InChI=1S/C14H12ClN.ClH/c15-11-13-5-3-4-12(10-13)7-8-14-6-1-2-9-16-14;/h1-10H,11H2;1H. The van der Waals surface area contributed by atoms with Gasteiger partial charge in [0.15, 0.2) is 0 Å². The summed E-state index contributed by atoms with van der Waals surface area (Å²) in [7, 11) is 0. The van der Waals surface area contributed by atoms with Crippen molar-refractivity contribution in [3.63, 3.8) is 0 Å². The summed E-state index contributed by atoms with van der Waals surface area (Å²) in [4.78, 5) is 4.22. The summed E-state index contributed by atoms with van der Waals surface area (Å²) in [5, 5.41) is 0. The summed E-state index contributed by atoms with van der Waals surface area (Å²) in [5.41, 5.74) is 3.23. The number of hydrogen-bond acceptors (Lipinski definition) is 1. The van der Waals surface area contributed by atoms with E-state index >= 15 is 0 Å². The van der Waals surface area contributed by atoms with Crippen LogP contribution in [0.5, 0.6) is 0 Å². The maximum Gasteiger partial charge on any atom is 0.0629 e. The fourth-order valence-corrected chi connectivity index (χ4v) is 1.60. The molecule has 0 saturated heterocycles. The molecule has 0 spiro atoms. The average molecular weight is 266 g/mol. The van der Waals surface area contributed by atoms with Gasteiger partial charge in [0, 0.05) is 12.1 Å². The highest BCUT2D eigenvalue weighted by molar-refractivity contribution is 6.17. The predicted octanol–water partition coefficient (Wildman–Crippen LogP) is 4.41. The number of pyridine rings is 1. The first kappa shape index (κ1) is 13.8. The quantitative estimate of drug-likeness (QED) is 0.750. The number of benzene rings is 1. The molecule has 0 atom stereocenters. The molecule has 0 aliphatic heterocycles. The van der Waals surface area contributed by atoms with Crippen molar-refractivity contribution < 1.29 is 0 Å². The van der Waals surface area contributed by atoms with Gasteiger partial charge in [-0.2, -0.15) is 0 Å². The molecule has 0 aliphatic carbocycles. The van der Waals surface area contributed by atoms with Gasteiger partial charge in [0.05, 0.1) is 5.69 Å². The van der Waals surface area contributed by atoms with Crippen molar-refractivity contribution in [3.8, 4) is 0 Å². The normalized spacial score (nSPS) is 10.2. The first-order valence-electron chi connectivity index (χ1n) is 5.12. The third kappa shape index (κ3) is 4.22. The lowest BCUT2D eigenvalue weighted by Crippen LogP contribution is -1.80. The van der Waals surface area contributed by atoms with Gasteiger partial charge in [-0.15, -0.1) is 24.0 Å². The average Bonchev–Trinajstić information content (AvgIpc) is 2.38. The van der Waals surface area contributed by atoms with Crippen LogP contribution in [0.2, 0.25) is 0 Å². The Labute approximate surface area is 113 Å². The summed E-state index contributed by atoms with van der Waals surface area (Å²) in [5.74, 6) is 0.547. The maximum absolute atomic E-state index is 5.78. The molecule has 1 heterocycles. The SMILES string of the molecule is Cl.ClCc1cccc(C=Cc2ccccn2)c1. The van der Waals surface area contributed by atoms with Crippen molar-refractivity contribution in [2.24, 2.45) is 0 Å². The van der Waals surface area contributed by atoms with Crippen LogP contribution in [-0.4, -0.2) is 4.98 Å². The van der Waals surface area contributed by atoms with Crippen molar-refractivity contribution in [1.82, 2.24) is 4.98 Å². The zero-order chi connectivity index (χ0) is 11.2. The van der Waals surface area contributed by atoms with Crippen molar-refractivity contribution >= 4 is 36.2 Å². The molecule has 0 radical (unpaired) electrons. The van der Waals surface area contributed by atoms with Gasteiger partial charge in [-0.3, -0.25) is 4.98 Å². The van der Waals surface area contributed by atoms with Crippen LogP contribution in [0.3, 0.4) is 0 Å². The van der Waals surface area contributed by atoms with Gasteiger partial charge in [0.2, 0.25) is 0 Å². The lowest BCUT2D eigenvalue weighted by atomic mass is 10.1. The monoisotopic (exact) mass is 265 g/mol. The third-order valence-corrected chi connectivity index (χ3v) is 2.55. The first-order valence-corrected chi connectivity index (χ1v) is 5.66. The zero-order valence-corrected chi connectivity index (χ0v) is 10.8. The van der Waals surface area contributed by atoms with Crippen LogP contribution in [0.1, 0.15) is 16.8 Å². The molecule has 3 heteroatoms. The Morgan fingerprint density at radius 3 is 2.65 bits per heavy atom. The van der Waals surface area contributed by atoms with E-state index < -0.39 is 0 Å². The van der Waals surface area contributed by atoms with Crippen molar-refractivity contribution in [2.75, 3.05) is 0 Å². The second-order valence-electron chi connectivity index (χ2n) is 3.47. The highest BCUT2D eigenvalue weighted by Crippen LogP contribution is 2.10. The van der Waals surface area contributed by atoms with E-state index in [4.69, 9.17) is 11.6 Å². The third-order valence-electron chi connectivity index (χ3n) is 2.24. The molecule has 1 aromatic carbocycles. The van der Waals surface area contributed by atoms with Crippen LogP contribution in [0.25, 0.3) is 12.2 Å². The number of aromatic nitrogens is 1. The molecule has 2 aromatic rings. The Kier molecular flexibility index (Phi) is 5.75. The summed E-state index contributed by atoms with van der Waals surface area (Å²) >= 11 is 5.78. The van der Waals surface area contributed by atoms with Gasteiger partial charge < -0.3 is 0 Å². The second-order valence-corrected chi connectivity index (χ2v) is 3.73. The summed E-state index contributed by atoms with van der Waals surface area (Å²) < 4.78 is 0. The van der Waals surface area contributed by atoms with E-state index in [1.165, 1.54) is 0 Å². The highest BCUT2D eigenvalue weighted by Gasteiger charge is 1.91. The molecule has 2 rings (SSSR count). The molecule has 0 aliphatic rings. The van der Waals surface area contributed by atoms with Crippen molar-refractivity contribution in [3.05, 3.63) is 65.5 Å². The Balaban J connectivity index is 0.00000144. The van der Waals surface area contributed by atoms with E-state index in [1.54, 1.807) is 6.20 Å². The molecular weight excluding hydrogens is 253 g/mol.